The zero-order valence-electron chi connectivity index (χ0n) is 13.9. The first-order chi connectivity index (χ1) is 13.0. The number of nitrogens with zero attached hydrogens (tertiary/aromatic N) is 2. The molecule has 1 aromatic heterocycles. The molecule has 0 spiro atoms. The molecule has 0 bridgehead atoms. The number of aromatic nitrogens is 2. The molecule has 1 heterocycles. The zero-order valence-corrected chi connectivity index (χ0v) is 13.9. The van der Waals surface area contributed by atoms with Gasteiger partial charge in [-0.3, -0.25) is 9.59 Å². The normalized spacial score (nSPS) is 10.4. The minimum absolute atomic E-state index is 0.0390. The summed E-state index contributed by atoms with van der Waals surface area (Å²) in [7, 11) is 0. The fourth-order valence-corrected chi connectivity index (χ4v) is 2.20. The van der Waals surface area contributed by atoms with Crippen LogP contribution in [0.25, 0.3) is 11.4 Å². The molecule has 0 aliphatic rings. The van der Waals surface area contributed by atoms with E-state index in [0.717, 1.165) is 0 Å². The lowest BCUT2D eigenvalue weighted by Gasteiger charge is -2.05. The molecule has 7 nitrogen and oxygen atoms in total. The lowest BCUT2D eigenvalue weighted by molar-refractivity contribution is 0.0898. The van der Waals surface area contributed by atoms with Crippen LogP contribution in [-0.2, 0) is 0 Å². The number of hydrogen-bond donors (Lipinski definition) is 2. The van der Waals surface area contributed by atoms with E-state index in [-0.39, 0.29) is 30.4 Å². The van der Waals surface area contributed by atoms with E-state index in [0.29, 0.717) is 5.56 Å². The number of halogens is 2. The molecule has 0 radical (unpaired) electrons. The van der Waals surface area contributed by atoms with Gasteiger partial charge in [0.1, 0.15) is 11.6 Å². The molecule has 0 saturated heterocycles. The molecule has 0 unspecified atom stereocenters. The first-order valence-corrected chi connectivity index (χ1v) is 7.95. The van der Waals surface area contributed by atoms with Gasteiger partial charge in [0.05, 0.1) is 5.56 Å². The number of amides is 2. The van der Waals surface area contributed by atoms with Crippen molar-refractivity contribution < 1.29 is 22.9 Å². The molecule has 0 aliphatic carbocycles. The quantitative estimate of drug-likeness (QED) is 0.647. The second-order valence-electron chi connectivity index (χ2n) is 5.42. The van der Waals surface area contributed by atoms with Crippen LogP contribution in [0.3, 0.4) is 0 Å². The Hall–Kier alpha value is -3.62. The van der Waals surface area contributed by atoms with Crippen molar-refractivity contribution in [1.82, 2.24) is 20.8 Å². The van der Waals surface area contributed by atoms with E-state index < -0.39 is 23.4 Å². The highest BCUT2D eigenvalue weighted by atomic mass is 19.1. The highest BCUT2D eigenvalue weighted by Crippen LogP contribution is 2.18. The van der Waals surface area contributed by atoms with E-state index in [1.165, 1.54) is 42.5 Å². The van der Waals surface area contributed by atoms with E-state index in [2.05, 4.69) is 20.8 Å². The highest BCUT2D eigenvalue weighted by molar-refractivity contribution is 5.94. The highest BCUT2D eigenvalue weighted by Gasteiger charge is 2.17. The lowest BCUT2D eigenvalue weighted by atomic mass is 10.2. The van der Waals surface area contributed by atoms with Crippen LogP contribution in [0, 0.1) is 11.6 Å². The number of benzene rings is 2. The summed E-state index contributed by atoms with van der Waals surface area (Å²) in [4.78, 5) is 27.7. The molecular weight excluding hydrogens is 358 g/mol. The van der Waals surface area contributed by atoms with Crippen molar-refractivity contribution in [2.45, 2.75) is 0 Å². The van der Waals surface area contributed by atoms with Crippen molar-refractivity contribution in [2.24, 2.45) is 0 Å². The van der Waals surface area contributed by atoms with Gasteiger partial charge in [0, 0.05) is 18.7 Å². The van der Waals surface area contributed by atoms with Crippen LogP contribution in [0.4, 0.5) is 8.78 Å². The molecule has 2 amide bonds. The molecule has 138 valence electrons. The van der Waals surface area contributed by atoms with Crippen LogP contribution in [0.15, 0.2) is 53.1 Å². The van der Waals surface area contributed by atoms with Crippen LogP contribution < -0.4 is 10.6 Å². The summed E-state index contributed by atoms with van der Waals surface area (Å²) in [6.45, 7) is 0.236. The van der Waals surface area contributed by atoms with Gasteiger partial charge in [0.2, 0.25) is 5.82 Å². The minimum atomic E-state index is -0.652. The maximum atomic E-state index is 13.7. The average molecular weight is 372 g/mol. The van der Waals surface area contributed by atoms with Crippen molar-refractivity contribution in [2.75, 3.05) is 13.1 Å². The SMILES string of the molecule is O=C(NCCNC(=O)c1nc(-c2ccccc2F)no1)c1ccc(F)cc1. The fourth-order valence-electron chi connectivity index (χ4n) is 2.20. The van der Waals surface area contributed by atoms with Crippen molar-refractivity contribution in [3.8, 4) is 11.4 Å². The molecule has 3 aromatic rings. The van der Waals surface area contributed by atoms with E-state index in [9.17, 15) is 18.4 Å². The Balaban J connectivity index is 1.49. The van der Waals surface area contributed by atoms with E-state index in [1.54, 1.807) is 6.07 Å². The first kappa shape index (κ1) is 18.2. The third-order valence-electron chi connectivity index (χ3n) is 3.54. The Morgan fingerprint density at radius 3 is 2.30 bits per heavy atom. The number of carbonyl (C=O) groups excluding carboxylic acids is 2. The zero-order chi connectivity index (χ0) is 19.2. The summed E-state index contributed by atoms with van der Waals surface area (Å²) in [5, 5.41) is 8.65. The van der Waals surface area contributed by atoms with Gasteiger partial charge < -0.3 is 15.2 Å². The molecule has 3 rings (SSSR count). The number of rotatable bonds is 6. The summed E-state index contributed by atoms with van der Waals surface area (Å²) in [6, 6.07) is 10.9. The van der Waals surface area contributed by atoms with Crippen molar-refractivity contribution in [1.29, 1.82) is 0 Å². The smallest absolute Gasteiger partial charge is 0.316 e. The second-order valence-corrected chi connectivity index (χ2v) is 5.42. The van der Waals surface area contributed by atoms with Crippen LogP contribution in [0.1, 0.15) is 21.0 Å². The van der Waals surface area contributed by atoms with Crippen molar-refractivity contribution in [3.05, 3.63) is 71.6 Å². The largest absolute Gasteiger partial charge is 0.350 e. The molecule has 0 fully saturated rings. The molecule has 2 N–H and O–H groups in total. The predicted octanol–water partition coefficient (Wildman–Crippen LogP) is 2.17. The topological polar surface area (TPSA) is 97.1 Å². The van der Waals surface area contributed by atoms with Gasteiger partial charge in [-0.2, -0.15) is 4.98 Å². The Labute approximate surface area is 152 Å². The maximum Gasteiger partial charge on any atom is 0.316 e. The van der Waals surface area contributed by atoms with Gasteiger partial charge in [-0.1, -0.05) is 17.3 Å². The fraction of sp³-hybridized carbons (Fsp3) is 0.111. The van der Waals surface area contributed by atoms with E-state index >= 15 is 0 Å². The molecule has 27 heavy (non-hydrogen) atoms. The van der Waals surface area contributed by atoms with Crippen molar-refractivity contribution in [3.63, 3.8) is 0 Å². The van der Waals surface area contributed by atoms with Crippen LogP contribution in [-0.4, -0.2) is 35.0 Å². The van der Waals surface area contributed by atoms with Gasteiger partial charge in [0.15, 0.2) is 0 Å². The molecule has 2 aromatic carbocycles. The number of carbonyl (C=O) groups is 2. The second kappa shape index (κ2) is 8.17. The summed E-state index contributed by atoms with van der Waals surface area (Å²) in [6.07, 6.45) is 0. The van der Waals surface area contributed by atoms with Gasteiger partial charge in [-0.05, 0) is 36.4 Å². The molecule has 9 heteroatoms. The third kappa shape index (κ3) is 4.51. The predicted molar refractivity (Wildman–Crippen MR) is 90.8 cm³/mol. The molecular formula is C18H14F2N4O3. The van der Waals surface area contributed by atoms with Crippen LogP contribution in [0.2, 0.25) is 0 Å². The molecule has 0 saturated carbocycles. The monoisotopic (exact) mass is 372 g/mol. The van der Waals surface area contributed by atoms with Gasteiger partial charge in [0.25, 0.3) is 5.91 Å². The lowest BCUT2D eigenvalue weighted by Crippen LogP contribution is -2.34. The molecule has 0 aliphatic heterocycles. The molecule has 0 atom stereocenters. The number of hydrogen-bond acceptors (Lipinski definition) is 5. The van der Waals surface area contributed by atoms with Crippen molar-refractivity contribution >= 4 is 11.8 Å². The van der Waals surface area contributed by atoms with Gasteiger partial charge in [-0.25, -0.2) is 8.78 Å². The van der Waals surface area contributed by atoms with E-state index in [4.69, 9.17) is 4.52 Å². The summed E-state index contributed by atoms with van der Waals surface area (Å²) < 4.78 is 31.3. The van der Waals surface area contributed by atoms with Gasteiger partial charge >= 0.3 is 11.8 Å². The summed E-state index contributed by atoms with van der Waals surface area (Å²) in [5.41, 5.74) is 0.418. The summed E-state index contributed by atoms with van der Waals surface area (Å²) in [5.74, 6) is -2.38. The Morgan fingerprint density at radius 2 is 1.59 bits per heavy atom. The van der Waals surface area contributed by atoms with Gasteiger partial charge in [-0.15, -0.1) is 0 Å². The maximum absolute atomic E-state index is 13.7. The van der Waals surface area contributed by atoms with Crippen LogP contribution in [0.5, 0.6) is 0 Å². The minimum Gasteiger partial charge on any atom is -0.350 e. The Kier molecular flexibility index (Phi) is 5.50. The Morgan fingerprint density at radius 1 is 0.926 bits per heavy atom. The Bertz CT molecular complexity index is 957. The average Bonchev–Trinajstić information content (AvgIpc) is 3.16. The third-order valence-corrected chi connectivity index (χ3v) is 3.54. The number of nitrogens with one attached hydrogen (secondary N) is 2. The van der Waals surface area contributed by atoms with Crippen LogP contribution >= 0.6 is 0 Å². The van der Waals surface area contributed by atoms with E-state index in [1.807, 2.05) is 0 Å². The standard InChI is InChI=1S/C18H14F2N4O3/c19-12-7-5-11(6-8-12)16(25)21-9-10-22-17(26)18-23-15(24-27-18)13-3-1-2-4-14(13)20/h1-8H,9-10H2,(H,21,25)(H,22,26). The first-order valence-electron chi connectivity index (χ1n) is 7.95. The summed E-state index contributed by atoms with van der Waals surface area (Å²) >= 11 is 0.